The van der Waals surface area contributed by atoms with Gasteiger partial charge >= 0.3 is 0 Å². The summed E-state index contributed by atoms with van der Waals surface area (Å²) in [6.45, 7) is 0. The van der Waals surface area contributed by atoms with Crippen LogP contribution in [0.2, 0.25) is 0 Å². The van der Waals surface area contributed by atoms with Crippen LogP contribution in [0.3, 0.4) is 0 Å². The van der Waals surface area contributed by atoms with E-state index in [4.69, 9.17) is 24.4 Å². The summed E-state index contributed by atoms with van der Waals surface area (Å²) in [5.74, 6) is 1.23. The molecule has 0 radical (unpaired) electrons. The number of furan rings is 1. The average molecular weight is 616 g/mol. The minimum atomic E-state index is 0.550. The van der Waals surface area contributed by atoms with Crippen molar-refractivity contribution in [1.29, 1.82) is 0 Å². The number of fused-ring (bicyclic) bond motifs is 7. The molecule has 6 aromatic carbocycles. The fraction of sp³-hybridized carbons (Fsp3) is 0. The molecule has 48 heavy (non-hydrogen) atoms. The molecule has 10 aromatic rings. The van der Waals surface area contributed by atoms with Gasteiger partial charge in [0, 0.05) is 38.2 Å². The lowest BCUT2D eigenvalue weighted by Crippen LogP contribution is -2.03. The third-order valence-electron chi connectivity index (χ3n) is 9.04. The van der Waals surface area contributed by atoms with E-state index in [0.29, 0.717) is 17.5 Å². The zero-order chi connectivity index (χ0) is 31.6. The highest BCUT2D eigenvalue weighted by molar-refractivity contribution is 6.19. The van der Waals surface area contributed by atoms with Crippen LogP contribution in [0.1, 0.15) is 0 Å². The Kier molecular flexibility index (Phi) is 5.77. The predicted molar refractivity (Wildman–Crippen MR) is 193 cm³/mol. The van der Waals surface area contributed by atoms with E-state index in [-0.39, 0.29) is 0 Å². The summed E-state index contributed by atoms with van der Waals surface area (Å²) < 4.78 is 8.76. The molecular weight excluding hydrogens is 590 g/mol. The van der Waals surface area contributed by atoms with E-state index in [9.17, 15) is 0 Å². The Morgan fingerprint density at radius 3 is 1.81 bits per heavy atom. The van der Waals surface area contributed by atoms with Crippen molar-refractivity contribution >= 4 is 54.8 Å². The molecule has 0 aliphatic carbocycles. The van der Waals surface area contributed by atoms with E-state index in [1.165, 1.54) is 0 Å². The second-order valence-corrected chi connectivity index (χ2v) is 11.9. The maximum Gasteiger partial charge on any atom is 0.235 e. The van der Waals surface area contributed by atoms with Crippen molar-refractivity contribution in [3.8, 4) is 39.9 Å². The smallest absolute Gasteiger partial charge is 0.235 e. The van der Waals surface area contributed by atoms with Crippen molar-refractivity contribution in [2.75, 3.05) is 0 Å². The topological polar surface area (TPSA) is 69.6 Å². The Morgan fingerprint density at radius 2 is 1.06 bits per heavy atom. The first-order chi connectivity index (χ1) is 23.8. The minimum Gasteiger partial charge on any atom is -0.438 e. The van der Waals surface area contributed by atoms with E-state index in [1.807, 2.05) is 78.9 Å². The maximum atomic E-state index is 6.59. The van der Waals surface area contributed by atoms with E-state index in [2.05, 4.69) is 77.4 Å². The summed E-state index contributed by atoms with van der Waals surface area (Å²) in [6.07, 6.45) is 0. The third kappa shape index (κ3) is 4.06. The van der Waals surface area contributed by atoms with Gasteiger partial charge in [-0.1, -0.05) is 127 Å². The summed E-state index contributed by atoms with van der Waals surface area (Å²) in [6, 6.07) is 51.5. The fourth-order valence-corrected chi connectivity index (χ4v) is 6.85. The number of hydrogen-bond acceptors (Lipinski definition) is 5. The second-order valence-electron chi connectivity index (χ2n) is 11.9. The molecule has 0 bridgehead atoms. The van der Waals surface area contributed by atoms with Gasteiger partial charge in [0.25, 0.3) is 0 Å². The van der Waals surface area contributed by atoms with Crippen LogP contribution >= 0.6 is 0 Å². The highest BCUT2D eigenvalue weighted by Crippen LogP contribution is 2.41. The Morgan fingerprint density at radius 1 is 0.438 bits per heavy atom. The van der Waals surface area contributed by atoms with Crippen LogP contribution in [0.5, 0.6) is 0 Å². The van der Waals surface area contributed by atoms with Gasteiger partial charge in [-0.25, -0.2) is 15.0 Å². The van der Waals surface area contributed by atoms with Crippen molar-refractivity contribution in [3.05, 3.63) is 152 Å². The second kappa shape index (κ2) is 10.4. The van der Waals surface area contributed by atoms with Crippen LogP contribution in [0, 0.1) is 0 Å². The molecule has 6 nitrogen and oxygen atoms in total. The first-order valence-corrected chi connectivity index (χ1v) is 15.9. The van der Waals surface area contributed by atoms with Crippen LogP contribution < -0.4 is 0 Å². The lowest BCUT2D eigenvalue weighted by atomic mass is 10.0. The fourth-order valence-electron chi connectivity index (χ4n) is 6.85. The van der Waals surface area contributed by atoms with Crippen molar-refractivity contribution in [1.82, 2.24) is 24.5 Å². The largest absolute Gasteiger partial charge is 0.438 e. The van der Waals surface area contributed by atoms with Gasteiger partial charge < -0.3 is 4.42 Å². The Balaban J connectivity index is 1.31. The first kappa shape index (κ1) is 26.5. The van der Waals surface area contributed by atoms with Gasteiger partial charge in [-0.15, -0.1) is 0 Å². The molecule has 10 rings (SSSR count). The number of nitrogens with zero attached hydrogens (tertiary/aromatic N) is 5. The molecule has 0 aliphatic heterocycles. The summed E-state index contributed by atoms with van der Waals surface area (Å²) in [7, 11) is 0. The van der Waals surface area contributed by atoms with E-state index >= 15 is 0 Å². The molecule has 0 aliphatic rings. The number of benzene rings is 6. The standard InChI is InChI=1S/C42H25N5O/c1-4-14-26(15-5-1)38-30-21-10-12-22-33(30)43-42(45-38)47-34-23-13-11-20-29(34)31-25-36-32(24-35(31)47)37-39(27-16-6-2-7-17-27)44-40(46-41(37)48-36)28-18-8-3-9-19-28/h1-25H. The van der Waals surface area contributed by atoms with Crippen LogP contribution in [0.25, 0.3) is 94.6 Å². The summed E-state index contributed by atoms with van der Waals surface area (Å²) in [5.41, 5.74) is 8.87. The highest BCUT2D eigenvalue weighted by atomic mass is 16.3. The Labute approximate surface area is 274 Å². The normalized spacial score (nSPS) is 11.8. The molecule has 0 unspecified atom stereocenters. The van der Waals surface area contributed by atoms with Gasteiger partial charge in [0.05, 0.1) is 33.3 Å². The van der Waals surface area contributed by atoms with Gasteiger partial charge in [0.1, 0.15) is 5.58 Å². The van der Waals surface area contributed by atoms with Crippen molar-refractivity contribution in [2.45, 2.75) is 0 Å². The zero-order valence-electron chi connectivity index (χ0n) is 25.6. The zero-order valence-corrected chi connectivity index (χ0v) is 25.6. The van der Waals surface area contributed by atoms with E-state index in [0.717, 1.165) is 77.1 Å². The lowest BCUT2D eigenvalue weighted by molar-refractivity contribution is 0.654. The van der Waals surface area contributed by atoms with Crippen LogP contribution in [0.4, 0.5) is 0 Å². The summed E-state index contributed by atoms with van der Waals surface area (Å²) in [4.78, 5) is 20.5. The van der Waals surface area contributed by atoms with Gasteiger partial charge in [-0.3, -0.25) is 4.57 Å². The van der Waals surface area contributed by atoms with E-state index < -0.39 is 0 Å². The van der Waals surface area contributed by atoms with Gasteiger partial charge in [0.2, 0.25) is 11.7 Å². The number of hydrogen-bond donors (Lipinski definition) is 0. The molecular formula is C42H25N5O. The van der Waals surface area contributed by atoms with Gasteiger partial charge in [-0.05, 0) is 24.3 Å². The monoisotopic (exact) mass is 615 g/mol. The molecule has 4 heterocycles. The molecule has 224 valence electrons. The molecule has 0 saturated carbocycles. The molecule has 0 fully saturated rings. The molecule has 0 N–H and O–H groups in total. The first-order valence-electron chi connectivity index (χ1n) is 15.9. The Bertz CT molecular complexity index is 2820. The number of rotatable bonds is 4. The number of para-hydroxylation sites is 2. The molecule has 0 saturated heterocycles. The predicted octanol–water partition coefficient (Wildman–Crippen LogP) is 10.4. The van der Waals surface area contributed by atoms with Crippen LogP contribution in [-0.4, -0.2) is 24.5 Å². The van der Waals surface area contributed by atoms with Crippen molar-refractivity contribution in [3.63, 3.8) is 0 Å². The number of aromatic nitrogens is 5. The van der Waals surface area contributed by atoms with Crippen molar-refractivity contribution in [2.24, 2.45) is 0 Å². The quantitative estimate of drug-likeness (QED) is 0.197. The average Bonchev–Trinajstić information content (AvgIpc) is 3.68. The summed E-state index contributed by atoms with van der Waals surface area (Å²) >= 11 is 0. The summed E-state index contributed by atoms with van der Waals surface area (Å²) in [5, 5.41) is 4.96. The van der Waals surface area contributed by atoms with Gasteiger partial charge in [0.15, 0.2) is 5.82 Å². The highest BCUT2D eigenvalue weighted by Gasteiger charge is 2.22. The maximum absolute atomic E-state index is 6.59. The minimum absolute atomic E-state index is 0.550. The Hall–Kier alpha value is -6.66. The molecule has 4 aromatic heterocycles. The van der Waals surface area contributed by atoms with Crippen molar-refractivity contribution < 1.29 is 4.42 Å². The molecule has 0 amide bonds. The third-order valence-corrected chi connectivity index (χ3v) is 9.04. The molecule has 0 spiro atoms. The SMILES string of the molecule is c1ccc(-c2nc(-c3ccccc3)c3c(n2)oc2cc4c5ccccc5n(-c5nc(-c6ccccc6)c6ccccc6n5)c4cc23)cc1. The van der Waals surface area contributed by atoms with Crippen LogP contribution in [-0.2, 0) is 0 Å². The molecule has 6 heteroatoms. The van der Waals surface area contributed by atoms with E-state index in [1.54, 1.807) is 0 Å². The lowest BCUT2D eigenvalue weighted by Gasteiger charge is -2.11. The van der Waals surface area contributed by atoms with Crippen LogP contribution in [0.15, 0.2) is 156 Å². The molecule has 0 atom stereocenters. The van der Waals surface area contributed by atoms with Gasteiger partial charge in [-0.2, -0.15) is 4.98 Å².